The highest BCUT2D eigenvalue weighted by molar-refractivity contribution is 5.81. The summed E-state index contributed by atoms with van der Waals surface area (Å²) >= 11 is 0. The van der Waals surface area contributed by atoms with Crippen LogP contribution in [0.15, 0.2) is 64.2 Å². The van der Waals surface area contributed by atoms with Crippen LogP contribution in [0, 0.1) is 12.7 Å². The first kappa shape index (κ1) is 25.1. The minimum atomic E-state index is -0.609. The average Bonchev–Trinajstić information content (AvgIpc) is 3.21. The fourth-order valence-electron chi connectivity index (χ4n) is 4.41. The normalized spacial score (nSPS) is 12.1. The molecule has 0 aliphatic heterocycles. The molecular weight excluding hydrogens is 461 g/mol. The van der Waals surface area contributed by atoms with E-state index < -0.39 is 17.1 Å². The van der Waals surface area contributed by atoms with E-state index in [-0.39, 0.29) is 30.6 Å². The Balaban J connectivity index is 1.64. The number of nitrogens with zero attached hydrogens (tertiary/aromatic N) is 4. The summed E-state index contributed by atoms with van der Waals surface area (Å²) in [6.45, 7) is 5.63. The van der Waals surface area contributed by atoms with Crippen LogP contribution in [0.2, 0.25) is 0 Å². The second kappa shape index (κ2) is 10.7. The molecule has 0 saturated heterocycles. The van der Waals surface area contributed by atoms with Gasteiger partial charge >= 0.3 is 5.69 Å². The molecule has 0 fully saturated rings. The maximum absolute atomic E-state index is 13.5. The molecule has 1 atom stereocenters. The summed E-state index contributed by atoms with van der Waals surface area (Å²) in [6.07, 6.45) is 1.56. The van der Waals surface area contributed by atoms with Gasteiger partial charge in [-0.15, -0.1) is 0 Å². The summed E-state index contributed by atoms with van der Waals surface area (Å²) in [7, 11) is 0. The summed E-state index contributed by atoms with van der Waals surface area (Å²) in [5.74, 6) is -0.730. The van der Waals surface area contributed by atoms with Crippen molar-refractivity contribution >= 4 is 16.9 Å². The van der Waals surface area contributed by atoms with Crippen LogP contribution in [-0.4, -0.2) is 30.9 Å². The number of amides is 1. The lowest BCUT2D eigenvalue weighted by Gasteiger charge is -2.16. The molecule has 0 radical (unpaired) electrons. The second-order valence-corrected chi connectivity index (χ2v) is 8.98. The highest BCUT2D eigenvalue weighted by atomic mass is 19.1. The predicted octanol–water partition coefficient (Wildman–Crippen LogP) is 3.01. The van der Waals surface area contributed by atoms with Gasteiger partial charge in [0.25, 0.3) is 5.56 Å². The molecule has 36 heavy (non-hydrogen) atoms. The SMILES string of the molecule is CCn1nc(C)c2c1c(=O)n(Cc1ccc(F)cc1)c(=O)n2CC(=O)NC(C)CCc1ccccc1. The molecule has 4 aromatic rings. The van der Waals surface area contributed by atoms with Gasteiger partial charge in [0, 0.05) is 12.6 Å². The van der Waals surface area contributed by atoms with E-state index in [9.17, 15) is 18.8 Å². The van der Waals surface area contributed by atoms with Gasteiger partial charge in [0.1, 0.15) is 17.9 Å². The van der Waals surface area contributed by atoms with E-state index in [1.54, 1.807) is 11.6 Å². The van der Waals surface area contributed by atoms with E-state index >= 15 is 0 Å². The first-order valence-electron chi connectivity index (χ1n) is 12.1. The fraction of sp³-hybridized carbons (Fsp3) is 0.333. The highest BCUT2D eigenvalue weighted by Crippen LogP contribution is 2.14. The van der Waals surface area contributed by atoms with Crippen LogP contribution < -0.4 is 16.6 Å². The Morgan fingerprint density at radius 1 is 1.00 bits per heavy atom. The molecule has 1 unspecified atom stereocenters. The number of nitrogens with one attached hydrogen (secondary N) is 1. The molecule has 2 aromatic carbocycles. The largest absolute Gasteiger partial charge is 0.352 e. The zero-order valence-corrected chi connectivity index (χ0v) is 20.7. The van der Waals surface area contributed by atoms with Crippen molar-refractivity contribution in [1.29, 1.82) is 0 Å². The molecule has 0 aliphatic carbocycles. The van der Waals surface area contributed by atoms with Gasteiger partial charge in [0.2, 0.25) is 5.91 Å². The lowest BCUT2D eigenvalue weighted by atomic mass is 10.1. The van der Waals surface area contributed by atoms with Crippen LogP contribution >= 0.6 is 0 Å². The third-order valence-electron chi connectivity index (χ3n) is 6.25. The number of fused-ring (bicyclic) bond motifs is 1. The zero-order valence-electron chi connectivity index (χ0n) is 20.7. The first-order chi connectivity index (χ1) is 17.3. The van der Waals surface area contributed by atoms with Gasteiger partial charge in [-0.05, 0) is 56.9 Å². The molecule has 1 N–H and O–H groups in total. The van der Waals surface area contributed by atoms with Crippen molar-refractivity contribution in [2.45, 2.75) is 59.3 Å². The third-order valence-corrected chi connectivity index (χ3v) is 6.25. The monoisotopic (exact) mass is 491 g/mol. The van der Waals surface area contributed by atoms with Crippen LogP contribution in [-0.2, 0) is 30.8 Å². The van der Waals surface area contributed by atoms with E-state index in [4.69, 9.17) is 0 Å². The highest BCUT2D eigenvalue weighted by Gasteiger charge is 2.22. The maximum atomic E-state index is 13.5. The molecule has 0 saturated carbocycles. The number of halogens is 1. The predicted molar refractivity (Wildman–Crippen MR) is 137 cm³/mol. The number of rotatable bonds is 9. The number of carbonyl (C=O) groups is 1. The summed E-state index contributed by atoms with van der Waals surface area (Å²) < 4.78 is 17.3. The summed E-state index contributed by atoms with van der Waals surface area (Å²) in [4.78, 5) is 39.8. The number of hydrogen-bond donors (Lipinski definition) is 1. The Morgan fingerprint density at radius 3 is 2.36 bits per heavy atom. The van der Waals surface area contributed by atoms with Crippen LogP contribution in [0.3, 0.4) is 0 Å². The molecule has 1 amide bonds. The number of aromatic nitrogens is 4. The van der Waals surface area contributed by atoms with Crippen LogP contribution in [0.1, 0.15) is 37.1 Å². The smallest absolute Gasteiger partial charge is 0.332 e. The van der Waals surface area contributed by atoms with Gasteiger partial charge in [-0.2, -0.15) is 5.10 Å². The van der Waals surface area contributed by atoms with Crippen LogP contribution in [0.25, 0.3) is 11.0 Å². The molecule has 8 nitrogen and oxygen atoms in total. The topological polar surface area (TPSA) is 90.9 Å². The third kappa shape index (κ3) is 5.30. The molecule has 2 heterocycles. The Hall–Kier alpha value is -4.01. The Morgan fingerprint density at radius 2 is 1.69 bits per heavy atom. The quantitative estimate of drug-likeness (QED) is 0.390. The summed E-state index contributed by atoms with van der Waals surface area (Å²) in [6, 6.07) is 15.5. The average molecular weight is 492 g/mol. The molecule has 0 bridgehead atoms. The molecule has 4 rings (SSSR count). The van der Waals surface area contributed by atoms with Crippen molar-refractivity contribution in [1.82, 2.24) is 24.2 Å². The van der Waals surface area contributed by atoms with Gasteiger partial charge in [-0.3, -0.25) is 23.4 Å². The molecule has 188 valence electrons. The van der Waals surface area contributed by atoms with Crippen molar-refractivity contribution in [2.75, 3.05) is 0 Å². The van der Waals surface area contributed by atoms with Crippen molar-refractivity contribution in [2.24, 2.45) is 0 Å². The van der Waals surface area contributed by atoms with Crippen LogP contribution in [0.4, 0.5) is 4.39 Å². The summed E-state index contributed by atoms with van der Waals surface area (Å²) in [5, 5.41) is 7.39. The Labute approximate surface area is 208 Å². The number of benzene rings is 2. The van der Waals surface area contributed by atoms with Crippen LogP contribution in [0.5, 0.6) is 0 Å². The molecule has 2 aromatic heterocycles. The van der Waals surface area contributed by atoms with Gasteiger partial charge in [-0.25, -0.2) is 9.18 Å². The second-order valence-electron chi connectivity index (χ2n) is 8.98. The first-order valence-corrected chi connectivity index (χ1v) is 12.1. The zero-order chi connectivity index (χ0) is 25.8. The van der Waals surface area contributed by atoms with Gasteiger partial charge in [0.15, 0.2) is 5.52 Å². The number of hydrogen-bond acceptors (Lipinski definition) is 4. The maximum Gasteiger partial charge on any atom is 0.332 e. The molecule has 9 heteroatoms. The number of carbonyl (C=O) groups excluding carboxylic acids is 1. The van der Waals surface area contributed by atoms with Crippen molar-refractivity contribution in [3.05, 3.63) is 98.1 Å². The van der Waals surface area contributed by atoms with Crippen molar-refractivity contribution in [3.63, 3.8) is 0 Å². The van der Waals surface area contributed by atoms with Crippen molar-refractivity contribution in [3.8, 4) is 0 Å². The Bertz CT molecular complexity index is 1490. The minimum Gasteiger partial charge on any atom is -0.352 e. The van der Waals surface area contributed by atoms with Gasteiger partial charge in [-0.1, -0.05) is 42.5 Å². The van der Waals surface area contributed by atoms with E-state index in [0.29, 0.717) is 23.3 Å². The van der Waals surface area contributed by atoms with Gasteiger partial charge in [0.05, 0.1) is 12.2 Å². The molecular formula is C27H30FN5O3. The standard InChI is InChI=1S/C27H30FN5O3/c1-4-33-25-24(19(3)30-33)31(17-23(34)29-18(2)10-11-20-8-6-5-7-9-20)27(36)32(26(25)35)16-21-12-14-22(28)15-13-21/h5-9,12-15,18H,4,10-11,16-17H2,1-3H3,(H,29,34). The van der Waals surface area contributed by atoms with Crippen molar-refractivity contribution < 1.29 is 9.18 Å². The van der Waals surface area contributed by atoms with E-state index in [1.165, 1.54) is 34.4 Å². The molecule has 0 spiro atoms. The van der Waals surface area contributed by atoms with E-state index in [2.05, 4.69) is 10.4 Å². The molecule has 0 aliphatic rings. The van der Waals surface area contributed by atoms with E-state index in [1.807, 2.05) is 44.2 Å². The van der Waals surface area contributed by atoms with Gasteiger partial charge < -0.3 is 5.32 Å². The minimum absolute atomic E-state index is 0.0447. The summed E-state index contributed by atoms with van der Waals surface area (Å²) in [5.41, 5.74) is 1.81. The Kier molecular flexibility index (Phi) is 7.47. The van der Waals surface area contributed by atoms with E-state index in [0.717, 1.165) is 17.4 Å². The number of aryl methyl sites for hydroxylation is 3. The lowest BCUT2D eigenvalue weighted by Crippen LogP contribution is -2.44. The lowest BCUT2D eigenvalue weighted by molar-refractivity contribution is -0.122. The fourth-order valence-corrected chi connectivity index (χ4v) is 4.41.